The minimum atomic E-state index is -0.900. The fraction of sp³-hybridized carbons (Fsp3) is 0.304. The van der Waals surface area contributed by atoms with Gasteiger partial charge >= 0.3 is 0 Å². The number of nitrogens with one attached hydrogen (secondary N) is 1. The number of aromatic nitrogens is 1. The zero-order valence-corrected chi connectivity index (χ0v) is 20.2. The van der Waals surface area contributed by atoms with E-state index in [1.165, 1.54) is 12.1 Å². The predicted octanol–water partition coefficient (Wildman–Crippen LogP) is 3.02. The van der Waals surface area contributed by atoms with E-state index in [1.807, 2.05) is 4.90 Å². The van der Waals surface area contributed by atoms with E-state index in [2.05, 4.69) is 5.43 Å². The highest BCUT2D eigenvalue weighted by Crippen LogP contribution is 2.22. The van der Waals surface area contributed by atoms with Crippen molar-refractivity contribution in [2.45, 2.75) is 6.10 Å². The van der Waals surface area contributed by atoms with Gasteiger partial charge in [-0.2, -0.15) is 4.79 Å². The van der Waals surface area contributed by atoms with Crippen LogP contribution in [0, 0.1) is 11.6 Å². The maximum atomic E-state index is 14.4. The van der Waals surface area contributed by atoms with Crippen molar-refractivity contribution in [3.05, 3.63) is 74.0 Å². The number of piperazine rings is 1. The highest BCUT2D eigenvalue weighted by atomic mass is 35.5. The maximum absolute atomic E-state index is 14.4. The fourth-order valence-electron chi connectivity index (χ4n) is 3.80. The number of halogens is 5. The molecule has 1 fully saturated rings. The van der Waals surface area contributed by atoms with Gasteiger partial charge in [0, 0.05) is 38.8 Å². The van der Waals surface area contributed by atoms with Crippen LogP contribution in [0.25, 0.3) is 10.9 Å². The lowest BCUT2D eigenvalue weighted by Crippen LogP contribution is -2.55. The molecule has 2 N–H and O–H groups in total. The van der Waals surface area contributed by atoms with Crippen molar-refractivity contribution < 1.29 is 27.9 Å². The molecular weight excluding hydrogens is 524 g/mol. The Balaban J connectivity index is 1.30. The minimum absolute atomic E-state index is 0.0253. The van der Waals surface area contributed by atoms with Crippen LogP contribution in [0.4, 0.5) is 13.3 Å². The molecule has 192 valence electrons. The Bertz CT molecular complexity index is 1350. The molecule has 8 nitrogen and oxygen atoms in total. The van der Waals surface area contributed by atoms with Gasteiger partial charge in [0.1, 0.15) is 35.7 Å². The highest BCUT2D eigenvalue weighted by Gasteiger charge is 2.23. The second-order valence-corrected chi connectivity index (χ2v) is 9.05. The highest BCUT2D eigenvalue weighted by molar-refractivity contribution is 6.31. The number of ether oxygens (including phenoxy) is 1. The van der Waals surface area contributed by atoms with Crippen molar-refractivity contribution >= 4 is 40.0 Å². The molecule has 1 unspecified atom stereocenters. The van der Waals surface area contributed by atoms with E-state index in [-0.39, 0.29) is 44.6 Å². The lowest BCUT2D eigenvalue weighted by molar-refractivity contribution is 0.0316. The van der Waals surface area contributed by atoms with Gasteiger partial charge in [-0.15, -0.1) is 0 Å². The summed E-state index contributed by atoms with van der Waals surface area (Å²) in [7, 11) is 0. The predicted molar refractivity (Wildman–Crippen MR) is 128 cm³/mol. The molecule has 1 amide bonds. The van der Waals surface area contributed by atoms with E-state index in [0.717, 1.165) is 24.4 Å². The Labute approximate surface area is 213 Å². The van der Waals surface area contributed by atoms with Crippen molar-refractivity contribution in [2.24, 2.45) is 0 Å². The first-order valence-corrected chi connectivity index (χ1v) is 11.6. The Morgan fingerprint density at radius 1 is 1.08 bits per heavy atom. The zero-order chi connectivity index (χ0) is 26.0. The molecule has 0 radical (unpaired) electrons. The zero-order valence-electron chi connectivity index (χ0n) is 18.7. The van der Waals surface area contributed by atoms with E-state index in [4.69, 9.17) is 27.9 Å². The number of carbonyl (C=O) groups is 1. The van der Waals surface area contributed by atoms with E-state index in [0.29, 0.717) is 26.2 Å². The van der Waals surface area contributed by atoms with Gasteiger partial charge in [-0.25, -0.2) is 13.8 Å². The Morgan fingerprint density at radius 2 is 1.78 bits per heavy atom. The molecule has 2 heterocycles. The first-order valence-electron chi connectivity index (χ1n) is 10.9. The number of hydrazine groups is 1. The van der Waals surface area contributed by atoms with Gasteiger partial charge in [-0.05, 0) is 24.3 Å². The molecule has 0 aliphatic carbocycles. The van der Waals surface area contributed by atoms with Crippen molar-refractivity contribution in [3.63, 3.8) is 0 Å². The molecule has 13 heteroatoms. The molecule has 1 aromatic heterocycles. The molecule has 1 atom stereocenters. The molecule has 2 aromatic carbocycles. The van der Waals surface area contributed by atoms with Gasteiger partial charge in [0.15, 0.2) is 0 Å². The number of aliphatic hydroxyl groups excluding tert-OH is 1. The number of aliphatic hydroxyl groups is 1. The number of benzene rings is 2. The number of pyridine rings is 1. The molecule has 0 saturated carbocycles. The van der Waals surface area contributed by atoms with Crippen molar-refractivity contribution in [3.8, 4) is 5.75 Å². The van der Waals surface area contributed by atoms with E-state index in [1.54, 1.807) is 5.01 Å². The van der Waals surface area contributed by atoms with Gasteiger partial charge in [0.05, 0.1) is 27.1 Å². The standard InChI is InChI=1S/C23H21Cl2F3N4O4/c24-17-2-1-14(7-19(17)26)36-12-13(33)10-30-3-5-31(6-4-30)29-23(35)16-11-32(28)21-9-18(25)20(27)8-15(21)22(16)34/h1-2,7-9,11,13,33H,3-6,10,12H2,(H,29,35). The van der Waals surface area contributed by atoms with Crippen LogP contribution < -0.4 is 15.6 Å². The maximum Gasteiger partial charge on any atom is 0.271 e. The van der Waals surface area contributed by atoms with E-state index in [9.17, 15) is 28.0 Å². The summed E-state index contributed by atoms with van der Waals surface area (Å²) < 4.78 is 47.1. The summed E-state index contributed by atoms with van der Waals surface area (Å²) in [6, 6.07) is 5.76. The summed E-state index contributed by atoms with van der Waals surface area (Å²) in [5, 5.41) is 11.1. The quantitative estimate of drug-likeness (QED) is 0.475. The van der Waals surface area contributed by atoms with Crippen LogP contribution in [0.15, 0.2) is 41.3 Å². The topological polar surface area (TPSA) is 87.0 Å². The van der Waals surface area contributed by atoms with Crippen molar-refractivity contribution in [1.82, 2.24) is 20.1 Å². The average Bonchev–Trinajstić information content (AvgIpc) is 2.84. The lowest BCUT2D eigenvalue weighted by Gasteiger charge is -2.35. The van der Waals surface area contributed by atoms with Crippen LogP contribution in [-0.4, -0.2) is 71.1 Å². The van der Waals surface area contributed by atoms with Gasteiger partial charge < -0.3 is 9.84 Å². The van der Waals surface area contributed by atoms with Crippen LogP contribution in [0.2, 0.25) is 10.0 Å². The van der Waals surface area contributed by atoms with Gasteiger partial charge in [0.2, 0.25) is 5.43 Å². The second-order valence-electron chi connectivity index (χ2n) is 8.24. The number of hydrogen-bond donors (Lipinski definition) is 2. The van der Waals surface area contributed by atoms with Crippen LogP contribution in [0.3, 0.4) is 0 Å². The largest absolute Gasteiger partial charge is 0.491 e. The minimum Gasteiger partial charge on any atom is -0.491 e. The summed E-state index contributed by atoms with van der Waals surface area (Å²) in [4.78, 5) is 27.3. The Hall–Kier alpha value is -2.83. The van der Waals surface area contributed by atoms with Gasteiger partial charge in [-0.1, -0.05) is 27.7 Å². The number of β-amino-alcohol motifs (C(OH)–C–C–N with tert-alkyl or cyclic N) is 1. The number of amides is 1. The van der Waals surface area contributed by atoms with Gasteiger partial charge in [0.25, 0.3) is 5.91 Å². The van der Waals surface area contributed by atoms with E-state index >= 15 is 0 Å². The summed E-state index contributed by atoms with van der Waals surface area (Å²) >= 11 is 11.3. The Morgan fingerprint density at radius 3 is 2.47 bits per heavy atom. The van der Waals surface area contributed by atoms with Crippen molar-refractivity contribution in [1.29, 1.82) is 0 Å². The molecule has 4 rings (SSSR count). The average molecular weight is 545 g/mol. The third kappa shape index (κ3) is 5.93. The van der Waals surface area contributed by atoms with Crippen LogP contribution >= 0.6 is 23.2 Å². The SMILES string of the molecule is O=C(NN1CCN(CC(O)COc2ccc(Cl)c(F)c2)CC1)c1cn(F)c2cc(Cl)c(F)cc2c1=O. The molecule has 1 saturated heterocycles. The summed E-state index contributed by atoms with van der Waals surface area (Å²) in [5.41, 5.74) is 0.998. The molecule has 36 heavy (non-hydrogen) atoms. The van der Waals surface area contributed by atoms with Gasteiger partial charge in [-0.3, -0.25) is 19.9 Å². The first kappa shape index (κ1) is 26.2. The number of carbonyl (C=O) groups excluding carboxylic acids is 1. The smallest absolute Gasteiger partial charge is 0.271 e. The molecular formula is C23H21Cl2F3N4O4. The summed E-state index contributed by atoms with van der Waals surface area (Å²) in [6.07, 6.45) is -0.118. The number of hydrogen-bond acceptors (Lipinski definition) is 6. The molecule has 1 aliphatic rings. The third-order valence-corrected chi connectivity index (χ3v) is 6.28. The van der Waals surface area contributed by atoms with Crippen LogP contribution in [-0.2, 0) is 0 Å². The summed E-state index contributed by atoms with van der Waals surface area (Å²) in [6.45, 7) is 1.90. The van der Waals surface area contributed by atoms with Crippen LogP contribution in [0.1, 0.15) is 10.4 Å². The molecule has 1 aliphatic heterocycles. The molecule has 0 bridgehead atoms. The Kier molecular flexibility index (Phi) is 8.06. The van der Waals surface area contributed by atoms with Crippen molar-refractivity contribution in [2.75, 3.05) is 39.3 Å². The lowest BCUT2D eigenvalue weighted by atomic mass is 10.1. The number of rotatable bonds is 7. The number of nitrogens with zero attached hydrogens (tertiary/aromatic N) is 3. The third-order valence-electron chi connectivity index (χ3n) is 5.68. The second kappa shape index (κ2) is 11.1. The van der Waals surface area contributed by atoms with Crippen LogP contribution in [0.5, 0.6) is 5.75 Å². The number of fused-ring (bicyclic) bond motifs is 1. The summed E-state index contributed by atoms with van der Waals surface area (Å²) in [5.74, 6) is -2.11. The normalized spacial score (nSPS) is 15.7. The first-order chi connectivity index (χ1) is 17.1. The fourth-order valence-corrected chi connectivity index (χ4v) is 4.07. The van der Waals surface area contributed by atoms with E-state index < -0.39 is 34.6 Å². The molecule has 3 aromatic rings. The monoisotopic (exact) mass is 544 g/mol. The molecule has 0 spiro atoms.